The second kappa shape index (κ2) is 6.28. The van der Waals surface area contributed by atoms with Crippen LogP contribution in [0, 0.1) is 0 Å². The average molecular weight is 391 g/mol. The molecular weight excluding hydrogens is 372 g/mol. The summed E-state index contributed by atoms with van der Waals surface area (Å²) >= 11 is 5.89. The number of fused-ring (bicyclic) bond motifs is 3. The van der Waals surface area contributed by atoms with Crippen molar-refractivity contribution in [3.05, 3.63) is 47.7 Å². The molecule has 2 aromatic carbocycles. The monoisotopic (exact) mass is 390 g/mol. The van der Waals surface area contributed by atoms with Crippen molar-refractivity contribution >= 4 is 43.3 Å². The van der Waals surface area contributed by atoms with Crippen molar-refractivity contribution in [2.45, 2.75) is 24.7 Å². The quantitative estimate of drug-likeness (QED) is 0.754. The van der Waals surface area contributed by atoms with Crippen LogP contribution in [0.2, 0.25) is 0 Å². The Morgan fingerprint density at radius 2 is 1.81 bits per heavy atom. The van der Waals surface area contributed by atoms with Crippen molar-refractivity contribution in [2.24, 2.45) is 0 Å². The Kier molecular flexibility index (Phi) is 4.20. The third-order valence-electron chi connectivity index (χ3n) is 5.05. The number of likely N-dealkylation sites (N-methyl/N-ethyl adjacent to an activating group) is 1. The van der Waals surface area contributed by atoms with Gasteiger partial charge in [-0.05, 0) is 36.8 Å². The minimum absolute atomic E-state index is 0.0684. The molecule has 0 aromatic heterocycles. The molecule has 26 heavy (non-hydrogen) atoms. The summed E-state index contributed by atoms with van der Waals surface area (Å²) in [6.45, 7) is 3.44. The van der Waals surface area contributed by atoms with E-state index in [0.29, 0.717) is 16.6 Å². The van der Waals surface area contributed by atoms with Crippen LogP contribution in [0.5, 0.6) is 0 Å². The third-order valence-corrected chi connectivity index (χ3v) is 7.21. The molecule has 1 saturated heterocycles. The predicted molar refractivity (Wildman–Crippen MR) is 102 cm³/mol. The first-order valence-corrected chi connectivity index (χ1v) is 10.5. The maximum atomic E-state index is 13.4. The second-order valence-electron chi connectivity index (χ2n) is 6.50. The maximum Gasteiger partial charge on any atom is 0.271 e. The number of sulfonamides is 1. The van der Waals surface area contributed by atoms with Crippen LogP contribution in [0.15, 0.2) is 47.0 Å². The summed E-state index contributed by atoms with van der Waals surface area (Å²) in [5.74, 6) is 0. The summed E-state index contributed by atoms with van der Waals surface area (Å²) in [5, 5.41) is 0.782. The van der Waals surface area contributed by atoms with Crippen LogP contribution >= 0.6 is 11.6 Å². The molecule has 2 aromatic rings. The molecule has 4 rings (SSSR count). The maximum absolute atomic E-state index is 13.4. The molecule has 0 amide bonds. The van der Waals surface area contributed by atoms with Crippen LogP contribution in [-0.2, 0) is 14.8 Å². The van der Waals surface area contributed by atoms with Gasteiger partial charge in [-0.15, -0.1) is 0 Å². The van der Waals surface area contributed by atoms with E-state index in [1.807, 2.05) is 30.3 Å². The lowest BCUT2D eigenvalue weighted by atomic mass is 10.0. The van der Waals surface area contributed by atoms with E-state index in [-0.39, 0.29) is 17.1 Å². The molecule has 0 atom stereocenters. The van der Waals surface area contributed by atoms with Gasteiger partial charge >= 0.3 is 0 Å². The Labute approximate surface area is 157 Å². The summed E-state index contributed by atoms with van der Waals surface area (Å²) in [6, 6.07) is 11.1. The second-order valence-corrected chi connectivity index (χ2v) is 8.64. The van der Waals surface area contributed by atoms with Gasteiger partial charge in [0, 0.05) is 30.6 Å². The van der Waals surface area contributed by atoms with Gasteiger partial charge in [0.15, 0.2) is 0 Å². The van der Waals surface area contributed by atoms with Gasteiger partial charge in [0.2, 0.25) is 0 Å². The van der Waals surface area contributed by atoms with Crippen LogP contribution in [-0.4, -0.2) is 42.5 Å². The highest BCUT2D eigenvalue weighted by Crippen LogP contribution is 2.43. The Hall–Kier alpha value is -2.05. The van der Waals surface area contributed by atoms with Crippen molar-refractivity contribution in [1.29, 1.82) is 0 Å². The van der Waals surface area contributed by atoms with E-state index < -0.39 is 15.3 Å². The number of likely N-dealkylation sites (tertiary alicyclic amines) is 1. The highest BCUT2D eigenvalue weighted by molar-refractivity contribution is 7.89. The van der Waals surface area contributed by atoms with Crippen LogP contribution in [0.3, 0.4) is 0 Å². The van der Waals surface area contributed by atoms with Gasteiger partial charge in [0.25, 0.3) is 15.3 Å². The summed E-state index contributed by atoms with van der Waals surface area (Å²) in [4.78, 5) is 14.6. The standard InChI is InChI=1S/C19H19ClN2O3S/c1-2-22-17(19(20)23)16(21-11-5-6-12-21)15-10-9-13-7-3-4-8-14(13)18(15)26(22,24)25/h3-4,7-10H,2,5-6,11-12H2,1H3. The molecule has 2 aliphatic rings. The van der Waals surface area contributed by atoms with Gasteiger partial charge in [-0.1, -0.05) is 36.4 Å². The van der Waals surface area contributed by atoms with Gasteiger partial charge in [0.05, 0.1) is 5.70 Å². The summed E-state index contributed by atoms with van der Waals surface area (Å²) in [6.07, 6.45) is 2.02. The van der Waals surface area contributed by atoms with Crippen LogP contribution < -0.4 is 0 Å². The number of allylic oxidation sites excluding steroid dienone is 1. The molecule has 1 fully saturated rings. The van der Waals surface area contributed by atoms with Crippen LogP contribution in [0.1, 0.15) is 25.3 Å². The van der Waals surface area contributed by atoms with Crippen molar-refractivity contribution in [3.8, 4) is 0 Å². The zero-order valence-corrected chi connectivity index (χ0v) is 16.0. The lowest BCUT2D eigenvalue weighted by molar-refractivity contribution is -0.109. The SMILES string of the molecule is CCN1C(C(=O)Cl)=C(N2CCCC2)c2ccc3ccccc3c2S1(=O)=O. The smallest absolute Gasteiger partial charge is 0.271 e. The van der Waals surface area contributed by atoms with E-state index in [4.69, 9.17) is 11.6 Å². The van der Waals surface area contributed by atoms with Crippen molar-refractivity contribution in [2.75, 3.05) is 19.6 Å². The normalized spacial score (nSPS) is 19.2. The minimum atomic E-state index is -3.87. The number of hydrogen-bond acceptors (Lipinski definition) is 4. The van der Waals surface area contributed by atoms with Gasteiger partial charge < -0.3 is 4.90 Å². The fraction of sp³-hybridized carbons (Fsp3) is 0.316. The van der Waals surface area contributed by atoms with E-state index >= 15 is 0 Å². The van der Waals surface area contributed by atoms with E-state index in [0.717, 1.165) is 35.6 Å². The number of benzene rings is 2. The summed E-state index contributed by atoms with van der Waals surface area (Å²) in [7, 11) is -3.87. The van der Waals surface area contributed by atoms with Crippen LogP contribution in [0.4, 0.5) is 0 Å². The Morgan fingerprint density at radius 3 is 2.46 bits per heavy atom. The molecule has 136 valence electrons. The van der Waals surface area contributed by atoms with Gasteiger partial charge in [-0.2, -0.15) is 0 Å². The fourth-order valence-corrected chi connectivity index (χ4v) is 6.08. The Morgan fingerprint density at radius 1 is 1.12 bits per heavy atom. The molecule has 0 unspecified atom stereocenters. The molecule has 0 bridgehead atoms. The minimum Gasteiger partial charge on any atom is -0.369 e. The van der Waals surface area contributed by atoms with Crippen molar-refractivity contribution < 1.29 is 13.2 Å². The van der Waals surface area contributed by atoms with E-state index in [2.05, 4.69) is 4.90 Å². The van der Waals surface area contributed by atoms with Crippen molar-refractivity contribution in [1.82, 2.24) is 9.21 Å². The Balaban J connectivity index is 2.14. The number of hydrogen-bond donors (Lipinski definition) is 0. The summed E-state index contributed by atoms with van der Waals surface area (Å²) < 4.78 is 27.9. The van der Waals surface area contributed by atoms with E-state index in [1.54, 1.807) is 13.0 Å². The first kappa shape index (κ1) is 17.4. The zero-order chi connectivity index (χ0) is 18.5. The van der Waals surface area contributed by atoms with E-state index in [9.17, 15) is 13.2 Å². The first-order chi connectivity index (χ1) is 12.5. The first-order valence-electron chi connectivity index (χ1n) is 8.70. The number of nitrogens with zero attached hydrogens (tertiary/aromatic N) is 2. The fourth-order valence-electron chi connectivity index (χ4n) is 3.96. The molecule has 2 aliphatic heterocycles. The molecular formula is C19H19ClN2O3S. The van der Waals surface area contributed by atoms with Gasteiger partial charge in [-0.25, -0.2) is 8.42 Å². The molecule has 0 saturated carbocycles. The zero-order valence-electron chi connectivity index (χ0n) is 14.4. The molecule has 0 N–H and O–H groups in total. The molecule has 7 heteroatoms. The molecule has 5 nitrogen and oxygen atoms in total. The van der Waals surface area contributed by atoms with Crippen molar-refractivity contribution in [3.63, 3.8) is 0 Å². The summed E-state index contributed by atoms with van der Waals surface area (Å²) in [5.41, 5.74) is 1.28. The average Bonchev–Trinajstić information content (AvgIpc) is 3.14. The topological polar surface area (TPSA) is 57.7 Å². The van der Waals surface area contributed by atoms with Gasteiger partial charge in [-0.3, -0.25) is 9.10 Å². The number of carbonyl (C=O) groups is 1. The lowest BCUT2D eigenvalue weighted by Gasteiger charge is -2.36. The third kappa shape index (κ3) is 2.43. The van der Waals surface area contributed by atoms with E-state index in [1.165, 1.54) is 0 Å². The number of rotatable bonds is 3. The Bertz CT molecular complexity index is 1040. The lowest BCUT2D eigenvalue weighted by Crippen LogP contribution is -2.40. The molecule has 0 spiro atoms. The number of halogens is 1. The predicted octanol–water partition coefficient (Wildman–Crippen LogP) is 3.39. The number of carbonyl (C=O) groups excluding carboxylic acids is 1. The largest absolute Gasteiger partial charge is 0.369 e. The molecule has 2 heterocycles. The highest BCUT2D eigenvalue weighted by Gasteiger charge is 2.41. The van der Waals surface area contributed by atoms with Crippen LogP contribution in [0.25, 0.3) is 16.5 Å². The highest BCUT2D eigenvalue weighted by atomic mass is 35.5. The molecule has 0 aliphatic carbocycles. The van der Waals surface area contributed by atoms with Gasteiger partial charge in [0.1, 0.15) is 10.6 Å². The molecule has 0 radical (unpaired) electrons.